The summed E-state index contributed by atoms with van der Waals surface area (Å²) in [5.41, 5.74) is 1.52. The topological polar surface area (TPSA) is 118 Å². The first-order valence-electron chi connectivity index (χ1n) is 12.1. The summed E-state index contributed by atoms with van der Waals surface area (Å²) in [5.74, 6) is -1.52. The van der Waals surface area contributed by atoms with E-state index >= 15 is 0 Å². The van der Waals surface area contributed by atoms with Crippen molar-refractivity contribution < 1.29 is 19.3 Å². The molecule has 0 aliphatic heterocycles. The van der Waals surface area contributed by atoms with Gasteiger partial charge < -0.3 is 10.6 Å². The maximum absolute atomic E-state index is 13.2. The van der Waals surface area contributed by atoms with Gasteiger partial charge in [-0.15, -0.1) is 0 Å². The highest BCUT2D eigenvalue weighted by Gasteiger charge is 2.17. The minimum Gasteiger partial charge on any atom is -0.321 e. The Bertz CT molecular complexity index is 1680. The van der Waals surface area contributed by atoms with Gasteiger partial charge in [0.15, 0.2) is 5.78 Å². The van der Waals surface area contributed by atoms with Gasteiger partial charge in [-0.25, -0.2) is 0 Å². The maximum atomic E-state index is 13.2. The number of hydrogen-bond donors (Lipinski definition) is 2. The number of para-hydroxylation sites is 1. The van der Waals surface area contributed by atoms with E-state index in [0.29, 0.717) is 27.9 Å². The van der Waals surface area contributed by atoms with E-state index in [2.05, 4.69) is 10.6 Å². The summed E-state index contributed by atoms with van der Waals surface area (Å²) >= 11 is 12.4. The van der Waals surface area contributed by atoms with Crippen molar-refractivity contribution >= 4 is 64.3 Å². The molecule has 0 atom stereocenters. The van der Waals surface area contributed by atoms with Gasteiger partial charge in [0, 0.05) is 22.9 Å². The molecule has 4 aromatic carbocycles. The Labute approximate surface area is 245 Å². The summed E-state index contributed by atoms with van der Waals surface area (Å²) in [5, 5.41) is 17.0. The molecule has 10 heteroatoms. The summed E-state index contributed by atoms with van der Waals surface area (Å²) < 4.78 is 0. The van der Waals surface area contributed by atoms with Crippen molar-refractivity contribution in [2.24, 2.45) is 0 Å². The normalized spacial score (nSPS) is 11.2. The number of ketones is 1. The first-order valence-corrected chi connectivity index (χ1v) is 12.9. The van der Waals surface area contributed by atoms with Gasteiger partial charge in [0.25, 0.3) is 17.5 Å². The number of halogens is 2. The largest absolute Gasteiger partial charge is 0.321 e. The van der Waals surface area contributed by atoms with Crippen LogP contribution >= 0.6 is 23.2 Å². The Balaban J connectivity index is 1.53. The number of nitrogens with zero attached hydrogens (tertiary/aromatic N) is 1. The molecule has 8 nitrogen and oxygen atoms in total. The molecule has 2 N–H and O–H groups in total. The lowest BCUT2D eigenvalue weighted by atomic mass is 10.1. The van der Waals surface area contributed by atoms with Crippen molar-refractivity contribution in [3.8, 4) is 0 Å². The number of carbonyl (C=O) groups is 3. The first kappa shape index (κ1) is 28.9. The van der Waals surface area contributed by atoms with Crippen LogP contribution in [0.3, 0.4) is 0 Å². The molecule has 2 amide bonds. The van der Waals surface area contributed by atoms with Crippen LogP contribution in [0.5, 0.6) is 0 Å². The molecule has 4 rings (SSSR count). The van der Waals surface area contributed by atoms with E-state index in [1.165, 1.54) is 48.6 Å². The van der Waals surface area contributed by atoms with Gasteiger partial charge in [-0.3, -0.25) is 24.5 Å². The fraction of sp³-hybridized carbons (Fsp3) is 0. The zero-order valence-electron chi connectivity index (χ0n) is 21.2. The molecule has 0 aliphatic carbocycles. The van der Waals surface area contributed by atoms with E-state index in [1.807, 2.05) is 0 Å². The summed E-state index contributed by atoms with van der Waals surface area (Å²) in [6.45, 7) is 0. The zero-order valence-corrected chi connectivity index (χ0v) is 22.7. The molecule has 41 heavy (non-hydrogen) atoms. The van der Waals surface area contributed by atoms with Crippen LogP contribution in [0.15, 0.2) is 109 Å². The van der Waals surface area contributed by atoms with Crippen molar-refractivity contribution in [3.05, 3.63) is 151 Å². The molecule has 0 spiro atoms. The average Bonchev–Trinajstić information content (AvgIpc) is 2.98. The molecule has 0 fully saturated rings. The Hall–Kier alpha value is -5.05. The lowest BCUT2D eigenvalue weighted by molar-refractivity contribution is -0.385. The Kier molecular flexibility index (Phi) is 9.42. The number of amides is 2. The lowest BCUT2D eigenvalue weighted by Gasteiger charge is -2.12. The molecular formula is C31H21Cl2N3O5. The number of nitro groups is 1. The fourth-order valence-corrected chi connectivity index (χ4v) is 4.06. The summed E-state index contributed by atoms with van der Waals surface area (Å²) in [7, 11) is 0. The number of benzene rings is 4. The molecule has 0 radical (unpaired) electrons. The van der Waals surface area contributed by atoms with Crippen molar-refractivity contribution in [1.82, 2.24) is 5.32 Å². The Morgan fingerprint density at radius 3 is 2.12 bits per heavy atom. The standard InChI is InChI=1S/C31H21Cl2N3O5/c32-25-11-6-10-23(29(25)33)19-26(35-30(38)22-8-2-1-3-9-22)31(39)34-24-16-13-21(14-17-24)28(37)18-15-20-7-4-5-12-27(20)36(40)41/h1-19H,(H,34,39)(H,35,38)/b18-15+,26-19-. The molecule has 0 heterocycles. The van der Waals surface area contributed by atoms with Crippen molar-refractivity contribution in [2.75, 3.05) is 5.32 Å². The Morgan fingerprint density at radius 2 is 1.41 bits per heavy atom. The summed E-state index contributed by atoms with van der Waals surface area (Å²) in [4.78, 5) is 49.4. The highest BCUT2D eigenvalue weighted by Crippen LogP contribution is 2.27. The third-order valence-corrected chi connectivity index (χ3v) is 6.62. The van der Waals surface area contributed by atoms with Gasteiger partial charge in [0.1, 0.15) is 5.70 Å². The van der Waals surface area contributed by atoms with Crippen molar-refractivity contribution in [2.45, 2.75) is 0 Å². The highest BCUT2D eigenvalue weighted by molar-refractivity contribution is 6.43. The van der Waals surface area contributed by atoms with Crippen LogP contribution in [0.2, 0.25) is 10.0 Å². The second-order valence-electron chi connectivity index (χ2n) is 8.57. The number of hydrogen-bond acceptors (Lipinski definition) is 5. The first-order chi connectivity index (χ1) is 19.7. The molecular weight excluding hydrogens is 565 g/mol. The van der Waals surface area contributed by atoms with E-state index in [9.17, 15) is 24.5 Å². The quantitative estimate of drug-likeness (QED) is 0.0930. The van der Waals surface area contributed by atoms with Gasteiger partial charge >= 0.3 is 0 Å². The number of anilines is 1. The monoisotopic (exact) mass is 585 g/mol. The second-order valence-corrected chi connectivity index (χ2v) is 9.35. The van der Waals surface area contributed by atoms with Crippen molar-refractivity contribution in [1.29, 1.82) is 0 Å². The molecule has 0 bridgehead atoms. The van der Waals surface area contributed by atoms with Crippen LogP contribution < -0.4 is 10.6 Å². The van der Waals surface area contributed by atoms with Crippen LogP contribution in [0.1, 0.15) is 31.8 Å². The van der Waals surface area contributed by atoms with Gasteiger partial charge in [0.2, 0.25) is 0 Å². The van der Waals surface area contributed by atoms with Crippen LogP contribution in [0.4, 0.5) is 11.4 Å². The van der Waals surface area contributed by atoms with E-state index in [1.54, 1.807) is 66.7 Å². The van der Waals surface area contributed by atoms with Gasteiger partial charge in [-0.2, -0.15) is 0 Å². The predicted octanol–water partition coefficient (Wildman–Crippen LogP) is 7.21. The average molecular weight is 586 g/mol. The molecule has 0 aromatic heterocycles. The zero-order chi connectivity index (χ0) is 29.4. The molecule has 0 aliphatic rings. The molecule has 0 unspecified atom stereocenters. The van der Waals surface area contributed by atoms with E-state index in [-0.39, 0.29) is 27.2 Å². The molecule has 204 valence electrons. The minimum atomic E-state index is -0.638. The number of carbonyl (C=O) groups excluding carboxylic acids is 3. The number of rotatable bonds is 9. The molecule has 0 saturated carbocycles. The van der Waals surface area contributed by atoms with Crippen LogP contribution in [-0.2, 0) is 4.79 Å². The lowest BCUT2D eigenvalue weighted by Crippen LogP contribution is -2.30. The van der Waals surface area contributed by atoms with Gasteiger partial charge in [-0.1, -0.05) is 65.7 Å². The van der Waals surface area contributed by atoms with Gasteiger partial charge in [-0.05, 0) is 72.3 Å². The van der Waals surface area contributed by atoms with Crippen LogP contribution in [0.25, 0.3) is 12.2 Å². The Morgan fingerprint density at radius 1 is 0.756 bits per heavy atom. The molecule has 0 saturated heterocycles. The third kappa shape index (κ3) is 7.54. The van der Waals surface area contributed by atoms with E-state index in [0.717, 1.165) is 0 Å². The second kappa shape index (κ2) is 13.3. The van der Waals surface area contributed by atoms with E-state index in [4.69, 9.17) is 23.2 Å². The fourth-order valence-electron chi connectivity index (χ4n) is 3.70. The predicted molar refractivity (Wildman–Crippen MR) is 160 cm³/mol. The van der Waals surface area contributed by atoms with Gasteiger partial charge in [0.05, 0.1) is 20.5 Å². The number of allylic oxidation sites excluding steroid dienone is 1. The SMILES string of the molecule is O=C(Nc1ccc(C(=O)/C=C/c2ccccc2[N+](=O)[O-])cc1)/C(=C/c1cccc(Cl)c1Cl)NC(=O)c1ccccc1. The highest BCUT2D eigenvalue weighted by atomic mass is 35.5. The minimum absolute atomic E-state index is 0.0874. The smallest absolute Gasteiger partial charge is 0.276 e. The number of nitrogens with one attached hydrogen (secondary N) is 2. The van der Waals surface area contributed by atoms with Crippen molar-refractivity contribution in [3.63, 3.8) is 0 Å². The van der Waals surface area contributed by atoms with Crippen LogP contribution in [0, 0.1) is 10.1 Å². The molecule has 4 aromatic rings. The maximum Gasteiger partial charge on any atom is 0.276 e. The summed E-state index contributed by atoms with van der Waals surface area (Å²) in [6, 6.07) is 25.4. The van der Waals surface area contributed by atoms with Crippen LogP contribution in [-0.4, -0.2) is 22.5 Å². The third-order valence-electron chi connectivity index (χ3n) is 5.79. The number of nitro benzene ring substituents is 1. The van der Waals surface area contributed by atoms with E-state index < -0.39 is 16.7 Å². The summed E-state index contributed by atoms with van der Waals surface area (Å²) in [6.07, 6.45) is 4.03.